The van der Waals surface area contributed by atoms with E-state index in [9.17, 15) is 9.59 Å². The van der Waals surface area contributed by atoms with E-state index in [0.717, 1.165) is 11.1 Å². The lowest BCUT2D eigenvalue weighted by Gasteiger charge is -2.31. The highest BCUT2D eigenvalue weighted by molar-refractivity contribution is 5.87. The maximum Gasteiger partial charge on any atom is 0.242 e. The second kappa shape index (κ2) is 10.3. The van der Waals surface area contributed by atoms with Gasteiger partial charge in [0, 0.05) is 18.5 Å². The van der Waals surface area contributed by atoms with Gasteiger partial charge in [0.15, 0.2) is 0 Å². The lowest BCUT2D eigenvalue weighted by molar-refractivity contribution is -0.141. The van der Waals surface area contributed by atoms with E-state index in [-0.39, 0.29) is 22.8 Å². The van der Waals surface area contributed by atoms with Crippen molar-refractivity contribution in [2.75, 3.05) is 0 Å². The van der Waals surface area contributed by atoms with Crippen molar-refractivity contribution in [2.24, 2.45) is 0 Å². The zero-order valence-electron chi connectivity index (χ0n) is 21.1. The molecular weight excluding hydrogens is 396 g/mol. The van der Waals surface area contributed by atoms with Crippen LogP contribution in [-0.2, 0) is 28.0 Å². The number of benzene rings is 2. The minimum atomic E-state index is -0.550. The molecule has 32 heavy (non-hydrogen) atoms. The zero-order valence-corrected chi connectivity index (χ0v) is 21.1. The van der Waals surface area contributed by atoms with Gasteiger partial charge in [0.05, 0.1) is 0 Å². The van der Waals surface area contributed by atoms with E-state index >= 15 is 0 Å². The lowest BCUT2D eigenvalue weighted by atomic mass is 9.86. The molecule has 4 nitrogen and oxygen atoms in total. The molecule has 2 aromatic carbocycles. The van der Waals surface area contributed by atoms with Gasteiger partial charge < -0.3 is 10.2 Å². The van der Waals surface area contributed by atoms with E-state index in [1.54, 1.807) is 4.90 Å². The van der Waals surface area contributed by atoms with Crippen molar-refractivity contribution < 1.29 is 9.59 Å². The van der Waals surface area contributed by atoms with Crippen molar-refractivity contribution >= 4 is 11.8 Å². The molecule has 2 amide bonds. The zero-order chi connectivity index (χ0) is 24.1. The standard InChI is InChI=1S/C28H40N2O2/c1-20-9-11-23(12-10-20)19-30(21(2)26(32)29-28(6,7)8)25(31)18-15-22-13-16-24(17-14-22)27(3,4)5/h9-14,16-17,21H,15,18-19H2,1-8H3,(H,29,32)/t21-/m0/s1. The number of hydrogen-bond acceptors (Lipinski definition) is 2. The van der Waals surface area contributed by atoms with Crippen molar-refractivity contribution in [1.82, 2.24) is 10.2 Å². The van der Waals surface area contributed by atoms with Crippen LogP contribution in [-0.4, -0.2) is 28.3 Å². The third kappa shape index (κ3) is 7.81. The Labute approximate surface area is 194 Å². The highest BCUT2D eigenvalue weighted by Gasteiger charge is 2.28. The summed E-state index contributed by atoms with van der Waals surface area (Å²) >= 11 is 0. The third-order valence-corrected chi connectivity index (χ3v) is 5.59. The van der Waals surface area contributed by atoms with Crippen LogP contribution in [0.2, 0.25) is 0 Å². The molecule has 0 bridgehead atoms. The summed E-state index contributed by atoms with van der Waals surface area (Å²) in [6.45, 7) is 16.7. The molecule has 0 unspecified atom stereocenters. The van der Waals surface area contributed by atoms with Gasteiger partial charge in [-0.15, -0.1) is 0 Å². The van der Waals surface area contributed by atoms with E-state index in [2.05, 4.69) is 50.4 Å². The largest absolute Gasteiger partial charge is 0.350 e. The van der Waals surface area contributed by atoms with Crippen molar-refractivity contribution in [3.63, 3.8) is 0 Å². The molecule has 0 spiro atoms. The first-order chi connectivity index (χ1) is 14.8. The summed E-state index contributed by atoms with van der Waals surface area (Å²) in [5.41, 5.74) is 4.36. The van der Waals surface area contributed by atoms with Crippen LogP contribution in [0, 0.1) is 6.92 Å². The summed E-state index contributed by atoms with van der Waals surface area (Å²) in [5, 5.41) is 3.01. The molecule has 174 valence electrons. The fraction of sp³-hybridized carbons (Fsp3) is 0.500. The molecule has 1 N–H and O–H groups in total. The van der Waals surface area contributed by atoms with Crippen LogP contribution in [0.4, 0.5) is 0 Å². The molecule has 2 rings (SSSR count). The van der Waals surface area contributed by atoms with Crippen LogP contribution in [0.5, 0.6) is 0 Å². The Balaban J connectivity index is 2.15. The van der Waals surface area contributed by atoms with Gasteiger partial charge in [-0.05, 0) is 63.1 Å². The second-order valence-electron chi connectivity index (χ2n) is 10.9. The highest BCUT2D eigenvalue weighted by Crippen LogP contribution is 2.23. The number of hydrogen-bond donors (Lipinski definition) is 1. The average molecular weight is 437 g/mol. The SMILES string of the molecule is Cc1ccc(CN(C(=O)CCc2ccc(C(C)(C)C)cc2)[C@@H](C)C(=O)NC(C)(C)C)cc1. The summed E-state index contributed by atoms with van der Waals surface area (Å²) in [6.07, 6.45) is 1.02. The van der Waals surface area contributed by atoms with Crippen molar-refractivity contribution in [3.8, 4) is 0 Å². The van der Waals surface area contributed by atoms with Crippen molar-refractivity contribution in [2.45, 2.75) is 91.8 Å². The molecule has 0 aliphatic rings. The molecule has 0 saturated carbocycles. The monoisotopic (exact) mass is 436 g/mol. The van der Waals surface area contributed by atoms with E-state index < -0.39 is 6.04 Å². The van der Waals surface area contributed by atoms with Gasteiger partial charge in [-0.25, -0.2) is 0 Å². The fourth-order valence-corrected chi connectivity index (χ4v) is 3.51. The van der Waals surface area contributed by atoms with Gasteiger partial charge in [-0.1, -0.05) is 74.9 Å². The first kappa shape index (κ1) is 25.6. The average Bonchev–Trinajstić information content (AvgIpc) is 2.69. The van der Waals surface area contributed by atoms with Crippen LogP contribution in [0.15, 0.2) is 48.5 Å². The lowest BCUT2D eigenvalue weighted by Crippen LogP contribution is -2.52. The number of nitrogens with zero attached hydrogens (tertiary/aromatic N) is 1. The van der Waals surface area contributed by atoms with Gasteiger partial charge in [-0.3, -0.25) is 9.59 Å². The van der Waals surface area contributed by atoms with Crippen LogP contribution in [0.3, 0.4) is 0 Å². The van der Waals surface area contributed by atoms with Gasteiger partial charge in [0.2, 0.25) is 11.8 Å². The molecule has 0 aromatic heterocycles. The molecule has 0 heterocycles. The predicted molar refractivity (Wildman–Crippen MR) is 133 cm³/mol. The minimum absolute atomic E-state index is 0.0120. The van der Waals surface area contributed by atoms with E-state index in [1.807, 2.05) is 58.9 Å². The quantitative estimate of drug-likeness (QED) is 0.618. The molecule has 2 aromatic rings. The van der Waals surface area contributed by atoms with E-state index in [1.165, 1.54) is 11.1 Å². The third-order valence-electron chi connectivity index (χ3n) is 5.59. The molecule has 0 fully saturated rings. The topological polar surface area (TPSA) is 49.4 Å². The second-order valence-corrected chi connectivity index (χ2v) is 10.9. The van der Waals surface area contributed by atoms with Gasteiger partial charge in [0.1, 0.15) is 6.04 Å². The number of carbonyl (C=O) groups is 2. The number of rotatable bonds is 7. The Morgan fingerprint density at radius 1 is 0.875 bits per heavy atom. The first-order valence-corrected chi connectivity index (χ1v) is 11.5. The Kier molecular flexibility index (Phi) is 8.28. The normalized spacial score (nSPS) is 12.9. The van der Waals surface area contributed by atoms with Crippen LogP contribution >= 0.6 is 0 Å². The summed E-state index contributed by atoms with van der Waals surface area (Å²) in [6, 6.07) is 16.1. The highest BCUT2D eigenvalue weighted by atomic mass is 16.2. The van der Waals surface area contributed by atoms with Crippen molar-refractivity contribution in [1.29, 1.82) is 0 Å². The van der Waals surface area contributed by atoms with Gasteiger partial charge >= 0.3 is 0 Å². The van der Waals surface area contributed by atoms with Gasteiger partial charge in [0.25, 0.3) is 0 Å². The van der Waals surface area contributed by atoms with Gasteiger partial charge in [-0.2, -0.15) is 0 Å². The summed E-state index contributed by atoms with van der Waals surface area (Å²) in [5.74, 6) is -0.144. The Morgan fingerprint density at radius 3 is 1.91 bits per heavy atom. The van der Waals surface area contributed by atoms with Crippen LogP contribution < -0.4 is 5.32 Å². The summed E-state index contributed by atoms with van der Waals surface area (Å²) in [4.78, 5) is 27.8. The first-order valence-electron chi connectivity index (χ1n) is 11.5. The maximum absolute atomic E-state index is 13.3. The van der Waals surface area contributed by atoms with Crippen LogP contribution in [0.25, 0.3) is 0 Å². The summed E-state index contributed by atoms with van der Waals surface area (Å²) < 4.78 is 0. The van der Waals surface area contributed by atoms with E-state index in [4.69, 9.17) is 0 Å². The minimum Gasteiger partial charge on any atom is -0.350 e. The number of nitrogens with one attached hydrogen (secondary N) is 1. The molecule has 4 heteroatoms. The molecule has 0 saturated heterocycles. The fourth-order valence-electron chi connectivity index (χ4n) is 3.51. The smallest absolute Gasteiger partial charge is 0.242 e. The molecule has 0 aliphatic carbocycles. The molecule has 1 atom stereocenters. The number of carbonyl (C=O) groups excluding carboxylic acids is 2. The van der Waals surface area contributed by atoms with Crippen molar-refractivity contribution in [3.05, 3.63) is 70.8 Å². The van der Waals surface area contributed by atoms with Crippen LogP contribution in [0.1, 0.15) is 77.1 Å². The number of aryl methyl sites for hydroxylation is 2. The summed E-state index contributed by atoms with van der Waals surface area (Å²) in [7, 11) is 0. The molecule has 0 aliphatic heterocycles. The predicted octanol–water partition coefficient (Wildman–Crippen LogP) is 5.56. The Hall–Kier alpha value is -2.62. The molecular formula is C28H40N2O2. The Morgan fingerprint density at radius 2 is 1.41 bits per heavy atom. The Bertz CT molecular complexity index is 900. The van der Waals surface area contributed by atoms with E-state index in [0.29, 0.717) is 19.4 Å². The molecule has 0 radical (unpaired) electrons. The number of amides is 2. The maximum atomic E-state index is 13.3.